The number of nitrogens with zero attached hydrogens (tertiary/aromatic N) is 3. The highest BCUT2D eigenvalue weighted by atomic mass is 16.5. The van der Waals surface area contributed by atoms with Crippen LogP contribution < -0.4 is 10.1 Å². The highest BCUT2D eigenvalue weighted by molar-refractivity contribution is 5.86. The lowest BCUT2D eigenvalue weighted by molar-refractivity contribution is -0.120. The zero-order valence-electron chi connectivity index (χ0n) is 17.3. The van der Waals surface area contributed by atoms with Crippen molar-refractivity contribution in [2.75, 3.05) is 7.11 Å². The normalized spacial score (nSPS) is 10.9. The maximum absolute atomic E-state index is 12.6. The molecule has 0 spiro atoms. The molecule has 6 heteroatoms. The minimum atomic E-state index is -0.0442. The van der Waals surface area contributed by atoms with Gasteiger partial charge in [-0.2, -0.15) is 5.10 Å². The number of benzene rings is 2. The lowest BCUT2D eigenvalue weighted by Gasteiger charge is -2.12. The van der Waals surface area contributed by atoms with Crippen molar-refractivity contribution in [3.63, 3.8) is 0 Å². The van der Waals surface area contributed by atoms with E-state index in [-0.39, 0.29) is 5.91 Å². The molecule has 0 atom stereocenters. The molecule has 4 aromatic rings. The molecule has 0 aliphatic rings. The smallest absolute Gasteiger partial charge is 0.224 e. The molecule has 0 unspecified atom stereocenters. The minimum absolute atomic E-state index is 0.0442. The Morgan fingerprint density at radius 2 is 1.83 bits per heavy atom. The molecule has 0 aliphatic heterocycles. The van der Waals surface area contributed by atoms with Crippen molar-refractivity contribution in [2.45, 2.75) is 26.8 Å². The molecule has 0 fully saturated rings. The first-order valence-electron chi connectivity index (χ1n) is 9.85. The molecular formula is C24H24N4O2. The van der Waals surface area contributed by atoms with Gasteiger partial charge in [-0.3, -0.25) is 9.78 Å². The van der Waals surface area contributed by atoms with E-state index in [1.807, 2.05) is 67.7 Å². The summed E-state index contributed by atoms with van der Waals surface area (Å²) in [6.45, 7) is 4.38. The van der Waals surface area contributed by atoms with Crippen LogP contribution >= 0.6 is 0 Å². The third-order valence-electron chi connectivity index (χ3n) is 5.27. The minimum Gasteiger partial charge on any atom is -0.497 e. The monoisotopic (exact) mass is 400 g/mol. The zero-order valence-corrected chi connectivity index (χ0v) is 17.3. The maximum Gasteiger partial charge on any atom is 0.224 e. The SMILES string of the molecule is COc1ccc(-n2ccc(CNC(=O)Cc3c(C)nc4ccccc4c3C)n2)cc1. The van der Waals surface area contributed by atoms with Crippen LogP contribution in [0, 0.1) is 13.8 Å². The number of aryl methyl sites for hydroxylation is 2. The highest BCUT2D eigenvalue weighted by Gasteiger charge is 2.13. The van der Waals surface area contributed by atoms with Crippen molar-refractivity contribution >= 4 is 16.8 Å². The number of aromatic nitrogens is 3. The van der Waals surface area contributed by atoms with Crippen molar-refractivity contribution in [1.82, 2.24) is 20.1 Å². The molecule has 1 N–H and O–H groups in total. The van der Waals surface area contributed by atoms with Crippen molar-refractivity contribution in [1.29, 1.82) is 0 Å². The van der Waals surface area contributed by atoms with E-state index in [0.29, 0.717) is 13.0 Å². The van der Waals surface area contributed by atoms with Crippen molar-refractivity contribution in [2.24, 2.45) is 0 Å². The molecule has 2 aromatic heterocycles. The Hall–Kier alpha value is -3.67. The molecule has 2 heterocycles. The van der Waals surface area contributed by atoms with Crippen molar-refractivity contribution in [3.8, 4) is 11.4 Å². The molecule has 152 valence electrons. The van der Waals surface area contributed by atoms with Crippen LogP contribution in [0.3, 0.4) is 0 Å². The van der Waals surface area contributed by atoms with Crippen molar-refractivity contribution in [3.05, 3.63) is 83.3 Å². The maximum atomic E-state index is 12.6. The summed E-state index contributed by atoms with van der Waals surface area (Å²) in [5.74, 6) is 0.754. The molecule has 30 heavy (non-hydrogen) atoms. The van der Waals surface area contributed by atoms with Crippen LogP contribution in [0.4, 0.5) is 0 Å². The van der Waals surface area contributed by atoms with Gasteiger partial charge in [0.2, 0.25) is 5.91 Å². The van der Waals surface area contributed by atoms with E-state index in [1.165, 1.54) is 0 Å². The Balaban J connectivity index is 1.42. The van der Waals surface area contributed by atoms with E-state index in [1.54, 1.807) is 11.8 Å². The molecule has 0 saturated carbocycles. The standard InChI is InChI=1S/C24H24N4O2/c1-16-21-6-4-5-7-23(21)26-17(2)22(16)14-24(29)25-15-18-12-13-28(27-18)19-8-10-20(30-3)11-9-19/h4-13H,14-15H2,1-3H3,(H,25,29). The third kappa shape index (κ3) is 4.03. The van der Waals surface area contributed by atoms with Gasteiger partial charge >= 0.3 is 0 Å². The molecule has 0 bridgehead atoms. The van der Waals surface area contributed by atoms with Crippen LogP contribution in [-0.4, -0.2) is 27.8 Å². The number of hydrogen-bond acceptors (Lipinski definition) is 4. The Morgan fingerprint density at radius 3 is 2.60 bits per heavy atom. The van der Waals surface area contributed by atoms with Crippen molar-refractivity contribution < 1.29 is 9.53 Å². The van der Waals surface area contributed by atoms with E-state index in [4.69, 9.17) is 4.74 Å². The molecule has 0 saturated heterocycles. The number of fused-ring (bicyclic) bond motifs is 1. The quantitative estimate of drug-likeness (QED) is 0.533. The molecule has 4 rings (SSSR count). The van der Waals surface area contributed by atoms with Crippen LogP contribution in [0.5, 0.6) is 5.75 Å². The average molecular weight is 400 g/mol. The second-order valence-corrected chi connectivity index (χ2v) is 7.22. The number of carbonyl (C=O) groups is 1. The van der Waals surface area contributed by atoms with Gasteiger partial charge in [0, 0.05) is 17.3 Å². The highest BCUT2D eigenvalue weighted by Crippen LogP contribution is 2.23. The molecular weight excluding hydrogens is 376 g/mol. The van der Waals surface area contributed by atoms with E-state index in [9.17, 15) is 4.79 Å². The predicted octanol–water partition coefficient (Wildman–Crippen LogP) is 3.90. The fourth-order valence-electron chi connectivity index (χ4n) is 3.58. The Bertz CT molecular complexity index is 1200. The van der Waals surface area contributed by atoms with Crippen LogP contribution in [0.2, 0.25) is 0 Å². The average Bonchev–Trinajstić information content (AvgIpc) is 3.24. The van der Waals surface area contributed by atoms with Gasteiger partial charge in [-0.05, 0) is 61.4 Å². The predicted molar refractivity (Wildman–Crippen MR) is 117 cm³/mol. The number of para-hydroxylation sites is 1. The second-order valence-electron chi connectivity index (χ2n) is 7.22. The number of ether oxygens (including phenoxy) is 1. The Morgan fingerprint density at radius 1 is 1.07 bits per heavy atom. The topological polar surface area (TPSA) is 69.0 Å². The van der Waals surface area contributed by atoms with Gasteiger partial charge in [-0.1, -0.05) is 18.2 Å². The summed E-state index contributed by atoms with van der Waals surface area (Å²) < 4.78 is 6.96. The van der Waals surface area contributed by atoms with Gasteiger partial charge in [-0.15, -0.1) is 0 Å². The largest absolute Gasteiger partial charge is 0.497 e. The second kappa shape index (κ2) is 8.37. The molecule has 0 radical (unpaired) electrons. The summed E-state index contributed by atoms with van der Waals surface area (Å²) in [6.07, 6.45) is 2.18. The number of methoxy groups -OCH3 is 1. The van der Waals surface area contributed by atoms with Crippen LogP contribution in [0.25, 0.3) is 16.6 Å². The van der Waals surface area contributed by atoms with Gasteiger partial charge < -0.3 is 10.1 Å². The summed E-state index contributed by atoms with van der Waals surface area (Å²) in [7, 11) is 1.64. The summed E-state index contributed by atoms with van der Waals surface area (Å²) in [4.78, 5) is 17.2. The fraction of sp³-hybridized carbons (Fsp3) is 0.208. The van der Waals surface area contributed by atoms with Crippen LogP contribution in [0.15, 0.2) is 60.8 Å². The van der Waals surface area contributed by atoms with E-state index < -0.39 is 0 Å². The number of amides is 1. The zero-order chi connectivity index (χ0) is 21.1. The van der Waals surface area contributed by atoms with Gasteiger partial charge in [0.05, 0.1) is 37.0 Å². The number of carbonyl (C=O) groups excluding carboxylic acids is 1. The van der Waals surface area contributed by atoms with E-state index in [2.05, 4.69) is 22.3 Å². The van der Waals surface area contributed by atoms with Gasteiger partial charge in [0.25, 0.3) is 0 Å². The number of rotatable bonds is 6. The first-order valence-corrected chi connectivity index (χ1v) is 9.85. The Labute approximate surface area is 175 Å². The molecule has 2 aromatic carbocycles. The molecule has 0 aliphatic carbocycles. The molecule has 6 nitrogen and oxygen atoms in total. The number of hydrogen-bond donors (Lipinski definition) is 1. The van der Waals surface area contributed by atoms with Crippen LogP contribution in [-0.2, 0) is 17.8 Å². The third-order valence-corrected chi connectivity index (χ3v) is 5.27. The van der Waals surface area contributed by atoms with Crippen LogP contribution in [0.1, 0.15) is 22.5 Å². The van der Waals surface area contributed by atoms with Gasteiger partial charge in [-0.25, -0.2) is 4.68 Å². The van der Waals surface area contributed by atoms with E-state index in [0.717, 1.165) is 44.9 Å². The summed E-state index contributed by atoms with van der Waals surface area (Å²) in [5.41, 5.74) is 5.67. The number of pyridine rings is 1. The lowest BCUT2D eigenvalue weighted by Crippen LogP contribution is -2.25. The van der Waals surface area contributed by atoms with E-state index >= 15 is 0 Å². The lowest BCUT2D eigenvalue weighted by atomic mass is 9.99. The fourth-order valence-corrected chi connectivity index (χ4v) is 3.58. The summed E-state index contributed by atoms with van der Waals surface area (Å²) >= 11 is 0. The van der Waals surface area contributed by atoms with Gasteiger partial charge in [0.15, 0.2) is 0 Å². The first-order chi connectivity index (χ1) is 14.5. The summed E-state index contributed by atoms with van der Waals surface area (Å²) in [5, 5.41) is 8.60. The first kappa shape index (κ1) is 19.6. The van der Waals surface area contributed by atoms with Gasteiger partial charge in [0.1, 0.15) is 5.75 Å². The summed E-state index contributed by atoms with van der Waals surface area (Å²) in [6, 6.07) is 17.6. The number of nitrogens with one attached hydrogen (secondary N) is 1. The molecule has 1 amide bonds. The Kier molecular flexibility index (Phi) is 5.48.